The van der Waals surface area contributed by atoms with Gasteiger partial charge in [-0.15, -0.1) is 0 Å². The molecule has 1 rings (SSSR count). The summed E-state index contributed by atoms with van der Waals surface area (Å²) in [5.74, 6) is 0. The van der Waals surface area contributed by atoms with Crippen LogP contribution in [0.5, 0.6) is 0 Å². The van der Waals surface area contributed by atoms with Crippen molar-refractivity contribution < 1.29 is 51.4 Å². The third-order valence-corrected chi connectivity index (χ3v) is 1.10. The second-order valence-electron chi connectivity index (χ2n) is 1.77. The third kappa shape index (κ3) is 3.01. The second-order valence-corrected chi connectivity index (χ2v) is 1.77. The summed E-state index contributed by atoms with van der Waals surface area (Å²) in [4.78, 5) is 3.77. The maximum Gasteiger partial charge on any atom is 1.00 e. The normalized spacial score (nSPS) is 9.75. The monoisotopic (exact) mass is 185 g/mol. The van der Waals surface area contributed by atoms with Crippen molar-refractivity contribution in [1.82, 2.24) is 4.98 Å². The standard InChI is InChI=1S/C7H5N3O.K/c8-5-7(10-11)6-3-1-2-4-9-6;/h1-4,11H;/q;+1/p-1/b10-7+;. The van der Waals surface area contributed by atoms with Gasteiger partial charge >= 0.3 is 51.4 Å². The van der Waals surface area contributed by atoms with Gasteiger partial charge in [0.05, 0.1) is 5.69 Å². The molecular weight excluding hydrogens is 181 g/mol. The minimum Gasteiger partial charge on any atom is -0.791 e. The molecule has 0 N–H and O–H groups in total. The fourth-order valence-corrected chi connectivity index (χ4v) is 0.627. The molecule has 0 spiro atoms. The molecule has 0 saturated heterocycles. The Labute approximate surface area is 112 Å². The Bertz CT molecular complexity index is 304. The minimum atomic E-state index is -0.189. The Morgan fingerprint density at radius 1 is 1.58 bits per heavy atom. The predicted octanol–water partition coefficient (Wildman–Crippen LogP) is -2.10. The molecule has 0 aliphatic heterocycles. The molecule has 0 atom stereocenters. The maximum absolute atomic E-state index is 9.99. The Morgan fingerprint density at radius 3 is 2.75 bits per heavy atom. The number of nitrogens with zero attached hydrogens (tertiary/aromatic N) is 3. The van der Waals surface area contributed by atoms with Crippen molar-refractivity contribution in [3.05, 3.63) is 35.3 Å². The van der Waals surface area contributed by atoms with E-state index in [1.54, 1.807) is 24.3 Å². The molecule has 0 saturated carbocycles. The van der Waals surface area contributed by atoms with E-state index in [1.165, 1.54) is 6.20 Å². The van der Waals surface area contributed by atoms with Gasteiger partial charge in [-0.1, -0.05) is 6.07 Å². The molecule has 1 heterocycles. The number of hydrogen-bond acceptors (Lipinski definition) is 4. The molecule has 12 heavy (non-hydrogen) atoms. The van der Waals surface area contributed by atoms with Crippen LogP contribution in [0.3, 0.4) is 0 Å². The van der Waals surface area contributed by atoms with Crippen LogP contribution in [0.2, 0.25) is 0 Å². The Kier molecular flexibility index (Phi) is 6.15. The van der Waals surface area contributed by atoms with Gasteiger partial charge in [-0.25, -0.2) is 0 Å². The fourth-order valence-electron chi connectivity index (χ4n) is 0.627. The van der Waals surface area contributed by atoms with Crippen LogP contribution < -0.4 is 51.4 Å². The summed E-state index contributed by atoms with van der Waals surface area (Å²) in [5, 5.41) is 20.9. The molecule has 0 amide bonds. The van der Waals surface area contributed by atoms with Crippen LogP contribution in [0, 0.1) is 16.5 Å². The van der Waals surface area contributed by atoms with Crippen LogP contribution in [0.25, 0.3) is 0 Å². The summed E-state index contributed by atoms with van der Waals surface area (Å²) < 4.78 is 0. The zero-order valence-corrected chi connectivity index (χ0v) is 9.68. The largest absolute Gasteiger partial charge is 1.00 e. The molecule has 1 aromatic rings. The number of aromatic nitrogens is 1. The van der Waals surface area contributed by atoms with Gasteiger partial charge in [0.15, 0.2) is 5.71 Å². The van der Waals surface area contributed by atoms with Crippen molar-refractivity contribution in [3.63, 3.8) is 0 Å². The molecule has 4 nitrogen and oxygen atoms in total. The molecule has 5 heteroatoms. The van der Waals surface area contributed by atoms with Gasteiger partial charge in [0, 0.05) is 6.20 Å². The summed E-state index contributed by atoms with van der Waals surface area (Å²) in [6.45, 7) is 0. The van der Waals surface area contributed by atoms with E-state index in [9.17, 15) is 5.21 Å². The van der Waals surface area contributed by atoms with E-state index in [0.29, 0.717) is 5.69 Å². The van der Waals surface area contributed by atoms with E-state index >= 15 is 0 Å². The van der Waals surface area contributed by atoms with Gasteiger partial charge in [-0.3, -0.25) is 4.98 Å². The number of pyridine rings is 1. The first kappa shape index (κ1) is 11.7. The van der Waals surface area contributed by atoms with Gasteiger partial charge in [0.2, 0.25) is 0 Å². The van der Waals surface area contributed by atoms with E-state index < -0.39 is 0 Å². The van der Waals surface area contributed by atoms with E-state index in [2.05, 4.69) is 10.1 Å². The molecular formula is C7H4KN3O. The fraction of sp³-hybridized carbons (Fsp3) is 0. The zero-order valence-electron chi connectivity index (χ0n) is 6.56. The van der Waals surface area contributed by atoms with Crippen molar-refractivity contribution in [2.24, 2.45) is 5.16 Å². The molecule has 0 unspecified atom stereocenters. The van der Waals surface area contributed by atoms with E-state index in [-0.39, 0.29) is 57.1 Å². The molecule has 0 fully saturated rings. The summed E-state index contributed by atoms with van der Waals surface area (Å²) in [6.07, 6.45) is 1.50. The zero-order chi connectivity index (χ0) is 8.10. The van der Waals surface area contributed by atoms with Crippen molar-refractivity contribution in [3.8, 4) is 6.07 Å². The first-order chi connectivity index (χ1) is 5.38. The molecule has 0 bridgehead atoms. The van der Waals surface area contributed by atoms with Crippen molar-refractivity contribution in [1.29, 1.82) is 5.26 Å². The van der Waals surface area contributed by atoms with Gasteiger partial charge < -0.3 is 10.4 Å². The number of hydrogen-bond donors (Lipinski definition) is 0. The topological polar surface area (TPSA) is 72.1 Å². The first-order valence-electron chi connectivity index (χ1n) is 2.90. The van der Waals surface area contributed by atoms with Gasteiger partial charge in [-0.05, 0) is 12.1 Å². The molecule has 1 aromatic heterocycles. The molecule has 0 radical (unpaired) electrons. The molecule has 54 valence electrons. The average Bonchev–Trinajstić information content (AvgIpc) is 2.09. The van der Waals surface area contributed by atoms with Crippen LogP contribution in [-0.4, -0.2) is 10.7 Å². The van der Waals surface area contributed by atoms with Crippen LogP contribution >= 0.6 is 0 Å². The number of rotatable bonds is 1. The van der Waals surface area contributed by atoms with Gasteiger partial charge in [0.1, 0.15) is 6.07 Å². The summed E-state index contributed by atoms with van der Waals surface area (Å²) >= 11 is 0. The molecule has 0 aromatic carbocycles. The first-order valence-corrected chi connectivity index (χ1v) is 2.90. The third-order valence-electron chi connectivity index (χ3n) is 1.10. The maximum atomic E-state index is 9.99. The quantitative estimate of drug-likeness (QED) is 0.286. The van der Waals surface area contributed by atoms with Crippen LogP contribution in [0.4, 0.5) is 0 Å². The smallest absolute Gasteiger partial charge is 0.791 e. The van der Waals surface area contributed by atoms with Crippen LogP contribution in [0.15, 0.2) is 29.6 Å². The van der Waals surface area contributed by atoms with Gasteiger partial charge in [0.25, 0.3) is 0 Å². The van der Waals surface area contributed by atoms with E-state index in [4.69, 9.17) is 5.26 Å². The van der Waals surface area contributed by atoms with Crippen LogP contribution in [0.1, 0.15) is 5.69 Å². The predicted molar refractivity (Wildman–Crippen MR) is 39.8 cm³/mol. The van der Waals surface area contributed by atoms with Crippen LogP contribution in [-0.2, 0) is 0 Å². The molecule has 0 aliphatic rings. The summed E-state index contributed by atoms with van der Waals surface area (Å²) in [5.41, 5.74) is 0.121. The number of nitriles is 1. The van der Waals surface area contributed by atoms with Crippen molar-refractivity contribution in [2.45, 2.75) is 0 Å². The Balaban J connectivity index is 0.00000121. The SMILES string of the molecule is N#C/C(=N\[O-])c1ccccn1.[K+]. The van der Waals surface area contributed by atoms with Gasteiger partial charge in [-0.2, -0.15) is 5.26 Å². The summed E-state index contributed by atoms with van der Waals surface area (Å²) in [6, 6.07) is 6.58. The Hall–Kier alpha value is -0.254. The second kappa shape index (κ2) is 6.28. The minimum absolute atomic E-state index is 0. The van der Waals surface area contributed by atoms with E-state index in [1.807, 2.05) is 0 Å². The van der Waals surface area contributed by atoms with Crippen molar-refractivity contribution >= 4 is 5.71 Å². The Morgan fingerprint density at radius 2 is 2.33 bits per heavy atom. The van der Waals surface area contributed by atoms with Crippen molar-refractivity contribution in [2.75, 3.05) is 0 Å². The van der Waals surface area contributed by atoms with E-state index in [0.717, 1.165) is 0 Å². The summed E-state index contributed by atoms with van der Waals surface area (Å²) in [7, 11) is 0. The molecule has 0 aliphatic carbocycles. The average molecular weight is 185 g/mol.